The van der Waals surface area contributed by atoms with Crippen LogP contribution < -0.4 is 0 Å². The van der Waals surface area contributed by atoms with Crippen LogP contribution in [0.25, 0.3) is 11.1 Å². The van der Waals surface area contributed by atoms with Gasteiger partial charge in [0.05, 0.1) is 6.21 Å². The first-order valence-corrected chi connectivity index (χ1v) is 7.70. The lowest BCUT2D eigenvalue weighted by molar-refractivity contribution is 0.474. The number of aryl methyl sites for hydroxylation is 1. The van der Waals surface area contributed by atoms with E-state index in [2.05, 4.69) is 27.3 Å². The van der Waals surface area contributed by atoms with Crippen LogP contribution in [0.2, 0.25) is 0 Å². The van der Waals surface area contributed by atoms with Gasteiger partial charge in [-0.25, -0.2) is 0 Å². The third-order valence-electron chi connectivity index (χ3n) is 4.06. The average Bonchev–Trinajstić information content (AvgIpc) is 2.90. The predicted octanol–water partition coefficient (Wildman–Crippen LogP) is 3.95. The molecule has 24 heavy (non-hydrogen) atoms. The van der Waals surface area contributed by atoms with Crippen molar-refractivity contribution in [2.24, 2.45) is 10.2 Å². The summed E-state index contributed by atoms with van der Waals surface area (Å²) in [7, 11) is 0. The number of fused-ring (bicyclic) bond motifs is 3. The van der Waals surface area contributed by atoms with Gasteiger partial charge in [0, 0.05) is 28.6 Å². The van der Waals surface area contributed by atoms with Gasteiger partial charge in [-0.2, -0.15) is 5.10 Å². The van der Waals surface area contributed by atoms with Gasteiger partial charge in [-0.05, 0) is 36.2 Å². The molecule has 3 aromatic rings. The Morgan fingerprint density at radius 3 is 2.50 bits per heavy atom. The SMILES string of the molecule is Cc1cc2c(cn1)/C(=N\N=C\c1ccccc1O)c1ccccc1-2. The largest absolute Gasteiger partial charge is 0.507 e. The number of benzene rings is 2. The highest BCUT2D eigenvalue weighted by molar-refractivity contribution is 6.24. The molecule has 0 atom stereocenters. The smallest absolute Gasteiger partial charge is 0.124 e. The number of pyridine rings is 1. The Hall–Kier alpha value is -3.27. The molecule has 1 aliphatic rings. The molecule has 4 nitrogen and oxygen atoms in total. The Bertz CT molecular complexity index is 990. The lowest BCUT2D eigenvalue weighted by atomic mass is 10.1. The highest BCUT2D eigenvalue weighted by atomic mass is 16.3. The molecule has 116 valence electrons. The summed E-state index contributed by atoms with van der Waals surface area (Å²) in [4.78, 5) is 4.39. The van der Waals surface area contributed by atoms with Crippen LogP contribution in [0.5, 0.6) is 5.75 Å². The van der Waals surface area contributed by atoms with Gasteiger partial charge in [0.2, 0.25) is 0 Å². The maximum absolute atomic E-state index is 9.80. The molecule has 0 bridgehead atoms. The molecule has 0 saturated carbocycles. The molecule has 1 aliphatic carbocycles. The molecule has 0 radical (unpaired) electrons. The number of nitrogens with zero attached hydrogens (tertiary/aromatic N) is 3. The fraction of sp³-hybridized carbons (Fsp3) is 0.0500. The Kier molecular flexibility index (Phi) is 3.43. The molecule has 0 spiro atoms. The van der Waals surface area contributed by atoms with E-state index in [1.54, 1.807) is 24.4 Å². The molecule has 1 heterocycles. The highest BCUT2D eigenvalue weighted by Crippen LogP contribution is 2.36. The van der Waals surface area contributed by atoms with Crippen LogP contribution in [0.3, 0.4) is 0 Å². The molecular formula is C20H15N3O. The fourth-order valence-corrected chi connectivity index (χ4v) is 2.89. The summed E-state index contributed by atoms with van der Waals surface area (Å²) < 4.78 is 0. The molecule has 1 N–H and O–H groups in total. The Labute approximate surface area is 139 Å². The third kappa shape index (κ3) is 2.38. The minimum Gasteiger partial charge on any atom is -0.507 e. The maximum Gasteiger partial charge on any atom is 0.124 e. The number of aromatic nitrogens is 1. The summed E-state index contributed by atoms with van der Waals surface area (Å²) >= 11 is 0. The summed E-state index contributed by atoms with van der Waals surface area (Å²) in [5.74, 6) is 0.186. The number of hydrogen-bond acceptors (Lipinski definition) is 4. The zero-order valence-corrected chi connectivity index (χ0v) is 13.1. The Morgan fingerprint density at radius 2 is 1.67 bits per heavy atom. The normalized spacial score (nSPS) is 14.1. The van der Waals surface area contributed by atoms with Crippen molar-refractivity contribution >= 4 is 11.9 Å². The van der Waals surface area contributed by atoms with Gasteiger partial charge in [0.1, 0.15) is 11.5 Å². The van der Waals surface area contributed by atoms with E-state index in [1.807, 2.05) is 37.4 Å². The molecule has 0 fully saturated rings. The van der Waals surface area contributed by atoms with Crippen LogP contribution in [-0.2, 0) is 0 Å². The van der Waals surface area contributed by atoms with Crippen molar-refractivity contribution in [3.05, 3.63) is 83.2 Å². The summed E-state index contributed by atoms with van der Waals surface area (Å²) in [6.07, 6.45) is 3.41. The monoisotopic (exact) mass is 313 g/mol. The van der Waals surface area contributed by atoms with E-state index in [1.165, 1.54) is 0 Å². The van der Waals surface area contributed by atoms with Crippen molar-refractivity contribution in [3.8, 4) is 16.9 Å². The number of phenols is 1. The van der Waals surface area contributed by atoms with Crippen molar-refractivity contribution in [2.45, 2.75) is 6.92 Å². The van der Waals surface area contributed by atoms with Crippen LogP contribution in [0.4, 0.5) is 0 Å². The standard InChI is InChI=1S/C20H15N3O/c1-13-10-17-15-7-3-4-8-16(15)20(18(17)12-21-13)23-22-11-14-6-2-5-9-19(14)24/h2-12,24H,1H3/b22-11+,23-20-. The minimum absolute atomic E-state index is 0.186. The molecule has 0 aliphatic heterocycles. The van der Waals surface area contributed by atoms with E-state index in [0.29, 0.717) is 5.56 Å². The first-order chi connectivity index (χ1) is 11.7. The molecule has 4 heteroatoms. The predicted molar refractivity (Wildman–Crippen MR) is 95.7 cm³/mol. The van der Waals surface area contributed by atoms with Gasteiger partial charge in [-0.1, -0.05) is 36.4 Å². The second-order valence-electron chi connectivity index (χ2n) is 5.67. The summed E-state index contributed by atoms with van der Waals surface area (Å²) in [5, 5.41) is 18.4. The average molecular weight is 313 g/mol. The third-order valence-corrected chi connectivity index (χ3v) is 4.06. The van der Waals surface area contributed by atoms with Gasteiger partial charge in [-0.15, -0.1) is 5.10 Å². The van der Waals surface area contributed by atoms with Crippen molar-refractivity contribution in [2.75, 3.05) is 0 Å². The van der Waals surface area contributed by atoms with Crippen LogP contribution in [0.15, 0.2) is 71.0 Å². The van der Waals surface area contributed by atoms with E-state index in [4.69, 9.17) is 0 Å². The number of rotatable bonds is 2. The van der Waals surface area contributed by atoms with Crippen molar-refractivity contribution < 1.29 is 5.11 Å². The van der Waals surface area contributed by atoms with E-state index in [0.717, 1.165) is 33.7 Å². The zero-order valence-electron chi connectivity index (χ0n) is 13.1. The molecule has 1 aromatic heterocycles. The van der Waals surface area contributed by atoms with E-state index in [-0.39, 0.29) is 5.75 Å². The van der Waals surface area contributed by atoms with Crippen LogP contribution in [0, 0.1) is 6.92 Å². The van der Waals surface area contributed by atoms with Crippen molar-refractivity contribution in [1.82, 2.24) is 4.98 Å². The van der Waals surface area contributed by atoms with Crippen molar-refractivity contribution in [1.29, 1.82) is 0 Å². The van der Waals surface area contributed by atoms with Crippen molar-refractivity contribution in [3.63, 3.8) is 0 Å². The minimum atomic E-state index is 0.186. The van der Waals surface area contributed by atoms with E-state index in [9.17, 15) is 5.11 Å². The number of aromatic hydroxyl groups is 1. The van der Waals surface area contributed by atoms with E-state index < -0.39 is 0 Å². The second-order valence-corrected chi connectivity index (χ2v) is 5.67. The van der Waals surface area contributed by atoms with Crippen LogP contribution in [0.1, 0.15) is 22.4 Å². The molecule has 4 rings (SSSR count). The zero-order chi connectivity index (χ0) is 16.5. The summed E-state index contributed by atoms with van der Waals surface area (Å²) in [6, 6.07) is 17.3. The number of hydrogen-bond donors (Lipinski definition) is 1. The van der Waals surface area contributed by atoms with Gasteiger partial charge in [0.25, 0.3) is 0 Å². The highest BCUT2D eigenvalue weighted by Gasteiger charge is 2.25. The maximum atomic E-state index is 9.80. The van der Waals surface area contributed by atoms with Crippen LogP contribution >= 0.6 is 0 Å². The van der Waals surface area contributed by atoms with Crippen LogP contribution in [-0.4, -0.2) is 22.0 Å². The van der Waals surface area contributed by atoms with Gasteiger partial charge in [-0.3, -0.25) is 4.98 Å². The van der Waals surface area contributed by atoms with Gasteiger partial charge in [0.15, 0.2) is 0 Å². The number of para-hydroxylation sites is 1. The summed E-state index contributed by atoms with van der Waals surface area (Å²) in [5.41, 5.74) is 6.73. The van der Waals surface area contributed by atoms with Gasteiger partial charge < -0.3 is 5.11 Å². The lowest BCUT2D eigenvalue weighted by Gasteiger charge is -2.00. The molecular weight excluding hydrogens is 298 g/mol. The van der Waals surface area contributed by atoms with Gasteiger partial charge >= 0.3 is 0 Å². The van der Waals surface area contributed by atoms with E-state index >= 15 is 0 Å². The first kappa shape index (κ1) is 14.3. The lowest BCUT2D eigenvalue weighted by Crippen LogP contribution is -1.98. The molecule has 0 unspecified atom stereocenters. The second kappa shape index (κ2) is 5.74. The molecule has 0 amide bonds. The summed E-state index contributed by atoms with van der Waals surface area (Å²) in [6.45, 7) is 1.98. The number of phenolic OH excluding ortho intramolecular Hbond substituents is 1. The first-order valence-electron chi connectivity index (χ1n) is 7.70. The fourth-order valence-electron chi connectivity index (χ4n) is 2.89. The molecule has 0 saturated heterocycles. The topological polar surface area (TPSA) is 57.8 Å². The molecule has 2 aromatic carbocycles. The Morgan fingerprint density at radius 1 is 0.917 bits per heavy atom. The Balaban J connectivity index is 1.80. The quantitative estimate of drug-likeness (QED) is 0.450.